The first-order chi connectivity index (χ1) is 35.2. The van der Waals surface area contributed by atoms with Gasteiger partial charge in [0.25, 0.3) is 0 Å². The van der Waals surface area contributed by atoms with E-state index in [4.69, 9.17) is 35.4 Å². The van der Waals surface area contributed by atoms with E-state index in [1.165, 1.54) is 96.3 Å². The van der Waals surface area contributed by atoms with Gasteiger partial charge in [-0.1, -0.05) is 141 Å². The zero-order valence-electron chi connectivity index (χ0n) is 45.1. The highest BCUT2D eigenvalue weighted by atomic mass is 31.2. The molecule has 1 fully saturated rings. The third kappa shape index (κ3) is 29.9. The number of aryl methyl sites for hydroxylation is 1. The molecule has 72 heavy (non-hydrogen) atoms. The number of piperidine rings is 1. The van der Waals surface area contributed by atoms with Crippen LogP contribution in [0.2, 0.25) is 0 Å². The molecule has 1 unspecified atom stereocenters. The fraction of sp³-hybridized carbons (Fsp3) is 0.786. The number of carbonyl (C=O) groups is 2. The number of hydrogen-bond acceptors (Lipinski definition) is 12. The van der Waals surface area contributed by atoms with Crippen LogP contribution in [0.5, 0.6) is 0 Å². The lowest BCUT2D eigenvalue weighted by Crippen LogP contribution is -2.37. The molecule has 1 saturated heterocycles. The fourth-order valence-corrected chi connectivity index (χ4v) is 9.92. The number of rotatable bonds is 45. The number of H-pyrrole nitrogens is 1. The van der Waals surface area contributed by atoms with Crippen LogP contribution in [0.4, 0.5) is 5.82 Å². The molecular weight excluding hydrogens is 930 g/mol. The minimum Gasteiger partial charge on any atom is -0.462 e. The van der Waals surface area contributed by atoms with Gasteiger partial charge in [-0.2, -0.15) is 0 Å². The van der Waals surface area contributed by atoms with Crippen LogP contribution >= 0.6 is 8.60 Å². The molecule has 2 aromatic heterocycles. The first-order valence-corrected chi connectivity index (χ1v) is 29.5. The molecule has 0 saturated carbocycles. The third-order valence-electron chi connectivity index (χ3n) is 13.3. The van der Waals surface area contributed by atoms with Crippen molar-refractivity contribution in [3.05, 3.63) is 52.0 Å². The molecule has 3 heterocycles. The predicted octanol–water partition coefficient (Wildman–Crippen LogP) is 13.4. The van der Waals surface area contributed by atoms with Crippen molar-refractivity contribution in [3.63, 3.8) is 0 Å². The summed E-state index contributed by atoms with van der Waals surface area (Å²) in [5.41, 5.74) is 6.83. The molecule has 0 radical (unpaired) electrons. The maximum atomic E-state index is 13.1. The van der Waals surface area contributed by atoms with Gasteiger partial charge in [0.2, 0.25) is 6.54 Å². The number of nitrogens with zero attached hydrogens (tertiary/aromatic N) is 5. The summed E-state index contributed by atoms with van der Waals surface area (Å²) in [6.45, 7) is 16.8. The standard InChI is InChI=1S/C56H96N7O8P/c1-5-7-9-11-13-15-17-19-21-23-25-27-29-31-33-35-51(64)67-46-50(71-52(65)36-34-32-30-28-26-24-22-20-18-16-14-12-10-8-6-2)47-70-72(68-43-39-58-4)69-44-42-62-40-37-49(38-41-62)45-63-55-53(61-56(63)66)54(57)59-48(3)60-55/h19-22,49-50H,5-18,23-47H2,1-3H3,(H,61,66)(H2,57,59,60)/b21-19+,22-20+/t50-,72?/m1/s1. The largest absolute Gasteiger partial charge is 0.462 e. The second-order valence-electron chi connectivity index (χ2n) is 19.7. The maximum absolute atomic E-state index is 13.1. The smallest absolute Gasteiger partial charge is 0.333 e. The van der Waals surface area contributed by atoms with E-state index in [1.54, 1.807) is 11.5 Å². The monoisotopic (exact) mass is 1030 g/mol. The summed E-state index contributed by atoms with van der Waals surface area (Å²) < 4.78 is 31.3. The van der Waals surface area contributed by atoms with Gasteiger partial charge in [-0.05, 0) is 103 Å². The quantitative estimate of drug-likeness (QED) is 0.0211. The molecule has 1 aliphatic rings. The SMILES string of the molecule is [C-]#[N+]CCOP(OCCN1CCC(Cn2c(=O)[nH]c3c(N)nc(C)nc32)CC1)OC[C@@H](COC(=O)CCCCCCC/C=C/CCCCCCCC)OC(=O)CCCCCCC/C=C/CCCCCCCC. The van der Waals surface area contributed by atoms with E-state index in [0.29, 0.717) is 49.0 Å². The number of likely N-dealkylation sites (tertiary alicyclic amines) is 1. The molecule has 0 aliphatic carbocycles. The Labute approximate surface area is 435 Å². The minimum atomic E-state index is -1.88. The molecule has 2 atom stereocenters. The summed E-state index contributed by atoms with van der Waals surface area (Å²) in [4.78, 5) is 56.0. The van der Waals surface area contributed by atoms with Gasteiger partial charge in [-0.15, -0.1) is 0 Å². The van der Waals surface area contributed by atoms with E-state index in [0.717, 1.165) is 96.6 Å². The summed E-state index contributed by atoms with van der Waals surface area (Å²) in [5, 5.41) is 0. The summed E-state index contributed by atoms with van der Waals surface area (Å²) in [6.07, 6.45) is 41.5. The summed E-state index contributed by atoms with van der Waals surface area (Å²) in [6, 6.07) is 0. The Balaban J connectivity index is 1.41. The van der Waals surface area contributed by atoms with Gasteiger partial charge in [0.1, 0.15) is 24.6 Å². The highest BCUT2D eigenvalue weighted by molar-refractivity contribution is 7.41. The Morgan fingerprint density at radius 3 is 1.79 bits per heavy atom. The molecule has 408 valence electrons. The van der Waals surface area contributed by atoms with Crippen molar-refractivity contribution in [2.45, 2.75) is 226 Å². The van der Waals surface area contributed by atoms with Gasteiger partial charge in [-0.3, -0.25) is 14.2 Å². The van der Waals surface area contributed by atoms with Crippen molar-refractivity contribution in [1.29, 1.82) is 0 Å². The summed E-state index contributed by atoms with van der Waals surface area (Å²) in [5.74, 6) is 0.421. The number of aromatic nitrogens is 4. The second-order valence-corrected chi connectivity index (χ2v) is 20.9. The van der Waals surface area contributed by atoms with Crippen LogP contribution in [0, 0.1) is 19.4 Å². The lowest BCUT2D eigenvalue weighted by molar-refractivity contribution is -0.161. The van der Waals surface area contributed by atoms with Crippen LogP contribution in [0.1, 0.15) is 212 Å². The maximum Gasteiger partial charge on any atom is 0.333 e. The molecule has 1 aliphatic heterocycles. The average Bonchev–Trinajstić information content (AvgIpc) is 3.68. The molecule has 0 spiro atoms. The number of hydrogen-bond donors (Lipinski definition) is 2. The molecule has 2 aromatic rings. The van der Waals surface area contributed by atoms with Gasteiger partial charge in [-0.25, -0.2) is 21.3 Å². The Morgan fingerprint density at radius 1 is 0.722 bits per heavy atom. The topological polar surface area (TPSA) is 177 Å². The highest BCUT2D eigenvalue weighted by Gasteiger charge is 2.25. The second kappa shape index (κ2) is 41.7. The predicted molar refractivity (Wildman–Crippen MR) is 292 cm³/mol. The Kier molecular flexibility index (Phi) is 36.2. The molecule has 3 rings (SSSR count). The van der Waals surface area contributed by atoms with Crippen molar-refractivity contribution >= 4 is 37.5 Å². The number of fused-ring (bicyclic) bond motifs is 1. The van der Waals surface area contributed by atoms with Crippen molar-refractivity contribution in [2.24, 2.45) is 5.92 Å². The van der Waals surface area contributed by atoms with Crippen molar-refractivity contribution < 1.29 is 32.6 Å². The number of imidazole rings is 1. The van der Waals surface area contributed by atoms with Crippen molar-refractivity contribution in [1.82, 2.24) is 24.4 Å². The third-order valence-corrected chi connectivity index (χ3v) is 14.4. The van der Waals surface area contributed by atoms with Gasteiger partial charge < -0.3 is 43.5 Å². The first kappa shape index (κ1) is 62.6. The van der Waals surface area contributed by atoms with Crippen LogP contribution in [-0.2, 0) is 39.2 Å². The Morgan fingerprint density at radius 2 is 1.24 bits per heavy atom. The number of nitrogens with two attached hydrogens (primary N) is 1. The number of carbonyl (C=O) groups excluding carboxylic acids is 2. The van der Waals surface area contributed by atoms with E-state index < -0.39 is 14.7 Å². The van der Waals surface area contributed by atoms with E-state index >= 15 is 0 Å². The normalized spacial score (nSPS) is 14.4. The number of esters is 2. The van der Waals surface area contributed by atoms with Gasteiger partial charge >= 0.3 is 26.2 Å². The number of ether oxygens (including phenoxy) is 2. The molecule has 0 amide bonds. The van der Waals surface area contributed by atoms with Crippen LogP contribution in [-0.4, -0.2) is 95.1 Å². The van der Waals surface area contributed by atoms with E-state index in [1.807, 2.05) is 0 Å². The van der Waals surface area contributed by atoms with Crippen LogP contribution < -0.4 is 11.4 Å². The molecule has 15 nitrogen and oxygen atoms in total. The van der Waals surface area contributed by atoms with E-state index in [2.05, 4.69) is 62.8 Å². The van der Waals surface area contributed by atoms with Gasteiger partial charge in [0.15, 0.2) is 17.6 Å². The van der Waals surface area contributed by atoms with Gasteiger partial charge in [0, 0.05) is 25.9 Å². The lowest BCUT2D eigenvalue weighted by atomic mass is 9.97. The number of anilines is 1. The lowest BCUT2D eigenvalue weighted by Gasteiger charge is -2.32. The molecule has 3 N–H and O–H groups in total. The number of aromatic amines is 1. The van der Waals surface area contributed by atoms with E-state index in [9.17, 15) is 14.4 Å². The Bertz CT molecular complexity index is 1870. The molecule has 0 aromatic carbocycles. The highest BCUT2D eigenvalue weighted by Crippen LogP contribution is 2.40. The average molecular weight is 1030 g/mol. The van der Waals surface area contributed by atoms with Crippen LogP contribution in [0.25, 0.3) is 16.0 Å². The number of nitrogens with one attached hydrogen (secondary N) is 1. The molecule has 16 heteroatoms. The van der Waals surface area contributed by atoms with Crippen molar-refractivity contribution in [3.8, 4) is 0 Å². The zero-order chi connectivity index (χ0) is 51.7. The fourth-order valence-electron chi connectivity index (χ4n) is 8.95. The number of unbranched alkanes of at least 4 members (excludes halogenated alkanes) is 22. The van der Waals surface area contributed by atoms with Crippen LogP contribution in [0.3, 0.4) is 0 Å². The molecule has 0 bridgehead atoms. The first-order valence-electron chi connectivity index (χ1n) is 28.4. The van der Waals surface area contributed by atoms with Crippen molar-refractivity contribution in [2.75, 3.05) is 58.3 Å². The van der Waals surface area contributed by atoms with Crippen LogP contribution in [0.15, 0.2) is 29.1 Å². The summed E-state index contributed by atoms with van der Waals surface area (Å²) >= 11 is 0. The Hall–Kier alpha value is -3.67. The molecular formula is C56H96N7O8P. The zero-order valence-corrected chi connectivity index (χ0v) is 46.0. The summed E-state index contributed by atoms with van der Waals surface area (Å²) in [7, 11) is -1.88. The van der Waals surface area contributed by atoms with E-state index in [-0.39, 0.29) is 56.2 Å². The minimum absolute atomic E-state index is 0.0722. The van der Waals surface area contributed by atoms with Gasteiger partial charge in [0.05, 0.1) is 13.2 Å². The number of allylic oxidation sites excluding steroid dienone is 4. The number of nitrogen functional groups attached to an aromatic ring is 1.